The molecule has 178 valence electrons. The van der Waals surface area contributed by atoms with E-state index in [1.807, 2.05) is 0 Å². The number of hydroxylamine groups is 2. The van der Waals surface area contributed by atoms with Crippen molar-refractivity contribution in [2.75, 3.05) is 18.5 Å². The number of allylic oxidation sites excluding steroid dienone is 1. The molecule has 0 radical (unpaired) electrons. The summed E-state index contributed by atoms with van der Waals surface area (Å²) in [6.45, 7) is 2.49. The summed E-state index contributed by atoms with van der Waals surface area (Å²) >= 11 is 9.16. The summed E-state index contributed by atoms with van der Waals surface area (Å²) in [6, 6.07) is 13.8. The van der Waals surface area contributed by atoms with Gasteiger partial charge in [-0.25, -0.2) is 4.79 Å². The van der Waals surface area contributed by atoms with Gasteiger partial charge in [-0.3, -0.25) is 14.4 Å². The molecule has 2 aromatic rings. The van der Waals surface area contributed by atoms with Crippen LogP contribution >= 0.6 is 27.5 Å². The summed E-state index contributed by atoms with van der Waals surface area (Å²) in [4.78, 5) is 57.1. The van der Waals surface area contributed by atoms with Gasteiger partial charge in [-0.2, -0.15) is 5.06 Å². The van der Waals surface area contributed by atoms with Crippen LogP contribution in [0.3, 0.4) is 0 Å². The number of rotatable bonds is 9. The van der Waals surface area contributed by atoms with Crippen molar-refractivity contribution in [2.24, 2.45) is 0 Å². The molecule has 1 aliphatic rings. The molecule has 0 bridgehead atoms. The van der Waals surface area contributed by atoms with Gasteiger partial charge in [-0.15, -0.1) is 0 Å². The molecule has 2 aromatic carbocycles. The highest BCUT2D eigenvalue weighted by molar-refractivity contribution is 9.09. The second kappa shape index (κ2) is 11.3. The Balaban J connectivity index is 1.70. The summed E-state index contributed by atoms with van der Waals surface area (Å²) in [6.07, 6.45) is 0. The predicted octanol–water partition coefficient (Wildman–Crippen LogP) is 3.79. The van der Waals surface area contributed by atoms with Crippen molar-refractivity contribution in [3.63, 3.8) is 0 Å². The first-order valence-corrected chi connectivity index (χ1v) is 11.8. The van der Waals surface area contributed by atoms with Crippen molar-refractivity contribution in [3.05, 3.63) is 76.5 Å². The van der Waals surface area contributed by atoms with Gasteiger partial charge in [0.05, 0.1) is 6.54 Å². The third-order valence-electron chi connectivity index (χ3n) is 5.02. The summed E-state index contributed by atoms with van der Waals surface area (Å²) in [5, 5.41) is 1.76. The first kappa shape index (κ1) is 25.5. The lowest BCUT2D eigenvalue weighted by molar-refractivity contribution is -0.185. The maximum absolute atomic E-state index is 13.0. The Kier molecular flexibility index (Phi) is 8.46. The number of alkyl halides is 1. The zero-order valence-electron chi connectivity index (χ0n) is 18.5. The minimum atomic E-state index is -0.926. The lowest BCUT2D eigenvalue weighted by atomic mass is 10.0. The Hall–Kier alpha value is -3.17. The van der Waals surface area contributed by atoms with Crippen molar-refractivity contribution < 1.29 is 28.8 Å². The monoisotopic (exact) mass is 548 g/mol. The van der Waals surface area contributed by atoms with Gasteiger partial charge in [0.1, 0.15) is 5.70 Å². The highest BCUT2D eigenvalue weighted by atomic mass is 79.9. The number of ether oxygens (including phenoxy) is 1. The summed E-state index contributed by atoms with van der Waals surface area (Å²) in [7, 11) is 0. The molecule has 0 aromatic heterocycles. The number of ketones is 1. The van der Waals surface area contributed by atoms with Crippen molar-refractivity contribution >= 4 is 51.1 Å². The fourth-order valence-electron chi connectivity index (χ4n) is 3.23. The molecule has 10 heteroatoms. The molecule has 1 unspecified atom stereocenters. The van der Waals surface area contributed by atoms with Crippen LogP contribution in [-0.2, 0) is 19.1 Å². The molecule has 0 N–H and O–H groups in total. The van der Waals surface area contributed by atoms with E-state index in [2.05, 4.69) is 15.9 Å². The number of Topliss-reactive ketones (excluding diaryl/α,β-unsaturated/α-hetero) is 1. The fourth-order valence-corrected chi connectivity index (χ4v) is 3.62. The van der Waals surface area contributed by atoms with Crippen LogP contribution in [-0.4, -0.2) is 58.1 Å². The summed E-state index contributed by atoms with van der Waals surface area (Å²) < 4.78 is 5.21. The highest BCUT2D eigenvalue weighted by Crippen LogP contribution is 2.27. The van der Waals surface area contributed by atoms with Gasteiger partial charge >= 0.3 is 5.97 Å². The number of nitrogens with zero attached hydrogens (tertiary/aromatic N) is 2. The van der Waals surface area contributed by atoms with Crippen molar-refractivity contribution in [2.45, 2.75) is 19.9 Å². The second-order valence-corrected chi connectivity index (χ2v) is 8.48. The number of hydrogen-bond acceptors (Lipinski definition) is 6. The normalized spacial score (nSPS) is 15.7. The number of halogens is 2. The Bertz CT molecular complexity index is 1120. The molecular formula is C24H22BrClN2O6. The van der Waals surface area contributed by atoms with Gasteiger partial charge in [0.15, 0.2) is 24.2 Å². The minimum absolute atomic E-state index is 0.0212. The fraction of sp³-hybridized carbons (Fsp3) is 0.250. The second-order valence-electron chi connectivity index (χ2n) is 7.48. The van der Waals surface area contributed by atoms with Crippen molar-refractivity contribution in [1.29, 1.82) is 0 Å². The maximum Gasteiger partial charge on any atom is 0.355 e. The first-order chi connectivity index (χ1) is 16.2. The van der Waals surface area contributed by atoms with Crippen molar-refractivity contribution in [1.82, 2.24) is 9.96 Å². The molecule has 0 saturated carbocycles. The van der Waals surface area contributed by atoms with Crippen LogP contribution in [0.1, 0.15) is 24.2 Å². The van der Waals surface area contributed by atoms with Gasteiger partial charge in [-0.1, -0.05) is 57.9 Å². The number of benzene rings is 2. The molecule has 1 atom stereocenters. The van der Waals surface area contributed by atoms with Crippen LogP contribution < -0.4 is 4.84 Å². The Morgan fingerprint density at radius 3 is 2.29 bits per heavy atom. The smallest absolute Gasteiger partial charge is 0.355 e. The van der Waals surface area contributed by atoms with E-state index in [1.54, 1.807) is 61.5 Å². The van der Waals surface area contributed by atoms with E-state index in [0.29, 0.717) is 27.2 Å². The van der Waals surface area contributed by atoms with E-state index < -0.39 is 30.4 Å². The highest BCUT2D eigenvalue weighted by Gasteiger charge is 2.47. The number of carbonyl (C=O) groups is 4. The molecule has 1 heterocycles. The molecule has 0 aliphatic carbocycles. The summed E-state index contributed by atoms with van der Waals surface area (Å²) in [5.41, 5.74) is 0.973. The van der Waals surface area contributed by atoms with Crippen LogP contribution in [0.4, 0.5) is 0 Å². The molecule has 8 nitrogen and oxygen atoms in total. The van der Waals surface area contributed by atoms with E-state index in [1.165, 1.54) is 11.8 Å². The zero-order valence-corrected chi connectivity index (χ0v) is 20.8. The molecular weight excluding hydrogens is 528 g/mol. The lowest BCUT2D eigenvalue weighted by Gasteiger charge is -2.43. The van der Waals surface area contributed by atoms with E-state index in [9.17, 15) is 19.2 Å². The minimum Gasteiger partial charge on any atom is -0.453 e. The average molecular weight is 550 g/mol. The van der Waals surface area contributed by atoms with Crippen molar-refractivity contribution in [3.8, 4) is 5.75 Å². The molecule has 1 aliphatic heterocycles. The van der Waals surface area contributed by atoms with E-state index >= 15 is 0 Å². The SMILES string of the molecule is CC(=O)N(Oc1ccc(Cl)cc1)C1CN(C(C(=O)OCC(=O)c2ccccc2)=C(C)CBr)C1=O. The number of amides is 2. The predicted molar refractivity (Wildman–Crippen MR) is 128 cm³/mol. The Morgan fingerprint density at radius 1 is 1.09 bits per heavy atom. The summed E-state index contributed by atoms with van der Waals surface area (Å²) in [5.74, 6) is -1.83. The largest absolute Gasteiger partial charge is 0.453 e. The number of likely N-dealkylation sites (tertiary alicyclic amines) is 1. The quantitative estimate of drug-likeness (QED) is 0.118. The van der Waals surface area contributed by atoms with Crippen LogP contribution in [0.15, 0.2) is 65.9 Å². The topological polar surface area (TPSA) is 93.2 Å². The van der Waals surface area contributed by atoms with Crippen LogP contribution in [0.2, 0.25) is 5.02 Å². The van der Waals surface area contributed by atoms with Gasteiger partial charge in [0.25, 0.3) is 11.8 Å². The maximum atomic E-state index is 13.0. The standard InChI is InChI=1S/C24H22BrClN2O6/c1-15(12-25)22(24(32)33-14-21(30)17-6-4-3-5-7-17)27-13-20(23(27)31)28(16(2)29)34-19-10-8-18(26)9-11-19/h3-11,20H,12-14H2,1-2H3. The van der Waals surface area contributed by atoms with Gasteiger partial charge in [0.2, 0.25) is 0 Å². The van der Waals surface area contributed by atoms with Crippen LogP contribution in [0.5, 0.6) is 5.75 Å². The third-order valence-corrected chi connectivity index (χ3v) is 6.11. The van der Waals surface area contributed by atoms with Gasteiger partial charge in [0, 0.05) is 22.8 Å². The first-order valence-electron chi connectivity index (χ1n) is 10.3. The van der Waals surface area contributed by atoms with Crippen LogP contribution in [0.25, 0.3) is 0 Å². The molecule has 1 saturated heterocycles. The lowest BCUT2D eigenvalue weighted by Crippen LogP contribution is -2.65. The number of β-lactam (4-membered cyclic amide) rings is 1. The Labute approximate surface area is 210 Å². The Morgan fingerprint density at radius 2 is 1.74 bits per heavy atom. The zero-order chi connectivity index (χ0) is 24.8. The third kappa shape index (κ3) is 5.84. The average Bonchev–Trinajstić information content (AvgIpc) is 2.84. The van der Waals surface area contributed by atoms with Crippen LogP contribution in [0, 0.1) is 0 Å². The van der Waals surface area contributed by atoms with E-state index in [4.69, 9.17) is 21.2 Å². The number of hydrogen-bond donors (Lipinski definition) is 0. The number of carbonyl (C=O) groups excluding carboxylic acids is 4. The van der Waals surface area contributed by atoms with E-state index in [-0.39, 0.29) is 18.0 Å². The molecule has 0 spiro atoms. The van der Waals surface area contributed by atoms with E-state index in [0.717, 1.165) is 5.06 Å². The molecule has 3 rings (SSSR count). The molecule has 1 fully saturated rings. The molecule has 34 heavy (non-hydrogen) atoms. The number of esters is 1. The molecule has 2 amide bonds. The van der Waals surface area contributed by atoms with Gasteiger partial charge in [-0.05, 0) is 36.8 Å². The van der Waals surface area contributed by atoms with Gasteiger partial charge < -0.3 is 14.5 Å².